The molecule has 0 saturated carbocycles. The van der Waals surface area contributed by atoms with Crippen LogP contribution in [0.2, 0.25) is 0 Å². The Morgan fingerprint density at radius 2 is 1.79 bits per heavy atom. The summed E-state index contributed by atoms with van der Waals surface area (Å²) >= 11 is 0. The van der Waals surface area contributed by atoms with Gasteiger partial charge in [-0.05, 0) is 38.4 Å². The lowest BCUT2D eigenvalue weighted by Gasteiger charge is -2.11. The third kappa shape index (κ3) is 6.01. The highest BCUT2D eigenvalue weighted by Gasteiger charge is 2.08. The first kappa shape index (κ1) is 15.2. The summed E-state index contributed by atoms with van der Waals surface area (Å²) in [6.07, 6.45) is -0.115. The molecule has 1 aromatic rings. The van der Waals surface area contributed by atoms with Crippen LogP contribution in [0.4, 0.5) is 0 Å². The molecule has 19 heavy (non-hydrogen) atoms. The summed E-state index contributed by atoms with van der Waals surface area (Å²) in [5, 5.41) is 8.52. The van der Waals surface area contributed by atoms with Crippen LogP contribution < -0.4 is 4.74 Å². The lowest BCUT2D eigenvalue weighted by Crippen LogP contribution is -2.19. The smallest absolute Gasteiger partial charge is 0.303 e. The van der Waals surface area contributed by atoms with E-state index in [9.17, 15) is 9.59 Å². The van der Waals surface area contributed by atoms with Crippen LogP contribution in [0.15, 0.2) is 24.3 Å². The largest absolute Gasteiger partial charge is 0.492 e. The number of nitrogens with zero attached hydrogens (tertiary/aromatic N) is 1. The summed E-state index contributed by atoms with van der Waals surface area (Å²) in [6.45, 7) is 1.40. The van der Waals surface area contributed by atoms with Crippen molar-refractivity contribution in [3.05, 3.63) is 29.8 Å². The Kier molecular flexibility index (Phi) is 6.02. The van der Waals surface area contributed by atoms with E-state index in [1.807, 2.05) is 19.0 Å². The highest BCUT2D eigenvalue weighted by Crippen LogP contribution is 2.14. The number of ether oxygens (including phenoxy) is 1. The van der Waals surface area contributed by atoms with E-state index in [0.717, 1.165) is 6.54 Å². The zero-order valence-corrected chi connectivity index (χ0v) is 11.3. The van der Waals surface area contributed by atoms with Gasteiger partial charge in [-0.2, -0.15) is 0 Å². The van der Waals surface area contributed by atoms with E-state index >= 15 is 0 Å². The molecule has 0 spiro atoms. The standard InChI is InChI=1S/C14H19NO4/c1-15(2)9-10-19-12-5-3-11(4-6-12)13(16)7-8-14(17)18/h3-6H,7-10H2,1-2H3,(H,17,18). The van der Waals surface area contributed by atoms with Gasteiger partial charge in [0.2, 0.25) is 0 Å². The Morgan fingerprint density at radius 3 is 2.32 bits per heavy atom. The highest BCUT2D eigenvalue weighted by molar-refractivity contribution is 5.97. The predicted octanol–water partition coefficient (Wildman–Crippen LogP) is 1.67. The van der Waals surface area contributed by atoms with Gasteiger partial charge in [0, 0.05) is 18.5 Å². The average Bonchev–Trinajstić information content (AvgIpc) is 2.36. The molecular formula is C14H19NO4. The quantitative estimate of drug-likeness (QED) is 0.724. The molecular weight excluding hydrogens is 246 g/mol. The molecule has 0 bridgehead atoms. The average molecular weight is 265 g/mol. The first-order valence-electron chi connectivity index (χ1n) is 6.11. The second kappa shape index (κ2) is 7.53. The van der Waals surface area contributed by atoms with Gasteiger partial charge >= 0.3 is 5.97 Å². The van der Waals surface area contributed by atoms with E-state index in [-0.39, 0.29) is 18.6 Å². The third-order valence-electron chi connectivity index (χ3n) is 2.55. The number of Topliss-reactive ketones (excluding diaryl/α,β-unsaturated/α-hetero) is 1. The second-order valence-electron chi connectivity index (χ2n) is 4.49. The van der Waals surface area contributed by atoms with E-state index in [2.05, 4.69) is 0 Å². The maximum atomic E-state index is 11.7. The minimum Gasteiger partial charge on any atom is -0.492 e. The zero-order chi connectivity index (χ0) is 14.3. The topological polar surface area (TPSA) is 66.8 Å². The van der Waals surface area contributed by atoms with Crippen molar-refractivity contribution in [2.45, 2.75) is 12.8 Å². The minimum absolute atomic E-state index is 0.0240. The van der Waals surface area contributed by atoms with Crippen molar-refractivity contribution in [1.82, 2.24) is 4.90 Å². The molecule has 5 heteroatoms. The number of carboxylic acid groups (broad SMARTS) is 1. The monoisotopic (exact) mass is 265 g/mol. The SMILES string of the molecule is CN(C)CCOc1ccc(C(=O)CCC(=O)O)cc1. The van der Waals surface area contributed by atoms with Crippen LogP contribution in [0.3, 0.4) is 0 Å². The van der Waals surface area contributed by atoms with Gasteiger partial charge in [0.25, 0.3) is 0 Å². The van der Waals surface area contributed by atoms with Crippen LogP contribution in [0.5, 0.6) is 5.75 Å². The normalized spacial score (nSPS) is 10.5. The molecule has 5 nitrogen and oxygen atoms in total. The molecule has 0 radical (unpaired) electrons. The van der Waals surface area contributed by atoms with Gasteiger partial charge in [-0.1, -0.05) is 0 Å². The second-order valence-corrected chi connectivity index (χ2v) is 4.49. The van der Waals surface area contributed by atoms with Crippen LogP contribution in [0.1, 0.15) is 23.2 Å². The Bertz CT molecular complexity index is 426. The van der Waals surface area contributed by atoms with Crippen molar-refractivity contribution in [2.24, 2.45) is 0 Å². The molecule has 0 unspecified atom stereocenters. The van der Waals surface area contributed by atoms with Gasteiger partial charge in [0.1, 0.15) is 12.4 Å². The van der Waals surface area contributed by atoms with Gasteiger partial charge in [0.15, 0.2) is 5.78 Å². The molecule has 1 aromatic carbocycles. The van der Waals surface area contributed by atoms with Gasteiger partial charge in [-0.3, -0.25) is 9.59 Å². The lowest BCUT2D eigenvalue weighted by atomic mass is 10.1. The van der Waals surface area contributed by atoms with Crippen LogP contribution in [0.25, 0.3) is 0 Å². The molecule has 104 valence electrons. The minimum atomic E-state index is -0.961. The van der Waals surface area contributed by atoms with Crippen molar-refractivity contribution in [3.8, 4) is 5.75 Å². The van der Waals surface area contributed by atoms with Crippen LogP contribution >= 0.6 is 0 Å². The molecule has 0 fully saturated rings. The third-order valence-corrected chi connectivity index (χ3v) is 2.55. The van der Waals surface area contributed by atoms with Crippen molar-refractivity contribution in [3.63, 3.8) is 0 Å². The van der Waals surface area contributed by atoms with Crippen molar-refractivity contribution >= 4 is 11.8 Å². The number of aliphatic carboxylic acids is 1. The van der Waals surface area contributed by atoms with Gasteiger partial charge in [0.05, 0.1) is 6.42 Å². The highest BCUT2D eigenvalue weighted by atomic mass is 16.5. The maximum Gasteiger partial charge on any atom is 0.303 e. The summed E-state index contributed by atoms with van der Waals surface area (Å²) in [7, 11) is 3.93. The number of carbonyl (C=O) groups excluding carboxylic acids is 1. The Morgan fingerprint density at radius 1 is 1.16 bits per heavy atom. The lowest BCUT2D eigenvalue weighted by molar-refractivity contribution is -0.136. The molecule has 0 atom stereocenters. The molecule has 0 saturated heterocycles. The van der Waals surface area contributed by atoms with Crippen LogP contribution in [-0.4, -0.2) is 49.0 Å². The molecule has 0 aromatic heterocycles. The van der Waals surface area contributed by atoms with Crippen LogP contribution in [-0.2, 0) is 4.79 Å². The van der Waals surface area contributed by atoms with Gasteiger partial charge < -0.3 is 14.7 Å². The fourth-order valence-electron chi connectivity index (χ4n) is 1.45. The van der Waals surface area contributed by atoms with Crippen molar-refractivity contribution in [2.75, 3.05) is 27.2 Å². The summed E-state index contributed by atoms with van der Waals surface area (Å²) < 4.78 is 5.50. The maximum absolute atomic E-state index is 11.7. The van der Waals surface area contributed by atoms with Crippen molar-refractivity contribution in [1.29, 1.82) is 0 Å². The molecule has 0 aliphatic carbocycles. The van der Waals surface area contributed by atoms with E-state index in [0.29, 0.717) is 17.9 Å². The number of likely N-dealkylation sites (N-methyl/N-ethyl adjacent to an activating group) is 1. The molecule has 0 aliphatic rings. The summed E-state index contributed by atoms with van der Waals surface area (Å²) in [4.78, 5) is 24.1. The van der Waals surface area contributed by atoms with Gasteiger partial charge in [-0.15, -0.1) is 0 Å². The summed E-state index contributed by atoms with van der Waals surface area (Å²) in [6, 6.07) is 6.78. The summed E-state index contributed by atoms with van der Waals surface area (Å²) in [5.74, 6) is -0.420. The predicted molar refractivity (Wildman–Crippen MR) is 71.7 cm³/mol. The van der Waals surface area contributed by atoms with Crippen molar-refractivity contribution < 1.29 is 19.4 Å². The number of rotatable bonds is 8. The van der Waals surface area contributed by atoms with E-state index in [1.165, 1.54) is 0 Å². The molecule has 1 N–H and O–H groups in total. The Hall–Kier alpha value is -1.88. The number of hydrogen-bond donors (Lipinski definition) is 1. The fraction of sp³-hybridized carbons (Fsp3) is 0.429. The number of carbonyl (C=O) groups is 2. The fourth-order valence-corrected chi connectivity index (χ4v) is 1.45. The molecule has 1 rings (SSSR count). The Labute approximate surface area is 112 Å². The number of benzene rings is 1. The van der Waals surface area contributed by atoms with E-state index in [1.54, 1.807) is 24.3 Å². The number of ketones is 1. The Balaban J connectivity index is 2.46. The zero-order valence-electron chi connectivity index (χ0n) is 11.3. The van der Waals surface area contributed by atoms with Gasteiger partial charge in [-0.25, -0.2) is 0 Å². The molecule has 0 aliphatic heterocycles. The van der Waals surface area contributed by atoms with Crippen LogP contribution in [0, 0.1) is 0 Å². The first-order valence-corrected chi connectivity index (χ1v) is 6.11. The first-order chi connectivity index (χ1) is 8.99. The molecule has 0 heterocycles. The van der Waals surface area contributed by atoms with E-state index in [4.69, 9.17) is 9.84 Å². The summed E-state index contributed by atoms with van der Waals surface area (Å²) in [5.41, 5.74) is 0.515. The number of carboxylic acids is 1. The van der Waals surface area contributed by atoms with E-state index < -0.39 is 5.97 Å². The number of hydrogen-bond acceptors (Lipinski definition) is 4. The molecule has 0 amide bonds.